The molecule has 2 amide bonds. The van der Waals surface area contributed by atoms with Crippen molar-refractivity contribution in [2.45, 2.75) is 51.5 Å². The Morgan fingerprint density at radius 3 is 2.04 bits per heavy atom. The Morgan fingerprint density at radius 1 is 0.780 bits per heavy atom. The van der Waals surface area contributed by atoms with Crippen LogP contribution in [0.3, 0.4) is 0 Å². The van der Waals surface area contributed by atoms with Crippen LogP contribution in [0.4, 0.5) is 10.5 Å². The van der Waals surface area contributed by atoms with E-state index in [1.807, 2.05) is 97.1 Å². The zero-order valence-electron chi connectivity index (χ0n) is 28.7. The molecule has 1 fully saturated rings. The maximum absolute atomic E-state index is 12.7. The van der Waals surface area contributed by atoms with Gasteiger partial charge < -0.3 is 30.0 Å². The molecule has 0 bridgehead atoms. The van der Waals surface area contributed by atoms with Crippen LogP contribution in [-0.2, 0) is 22.6 Å². The quantitative estimate of drug-likeness (QED) is 0.123. The van der Waals surface area contributed by atoms with Gasteiger partial charge in [0.15, 0.2) is 6.29 Å². The number of urea groups is 1. The summed E-state index contributed by atoms with van der Waals surface area (Å²) < 4.78 is 19.2. The minimum absolute atomic E-state index is 0.00152. The molecule has 258 valence electrons. The number of para-hydroxylation sites is 1. The van der Waals surface area contributed by atoms with E-state index < -0.39 is 6.29 Å². The second-order valence-electron chi connectivity index (χ2n) is 12.8. The maximum atomic E-state index is 12.7. The van der Waals surface area contributed by atoms with Crippen LogP contribution < -0.4 is 15.4 Å². The van der Waals surface area contributed by atoms with Crippen molar-refractivity contribution in [3.05, 3.63) is 161 Å². The Labute approximate surface area is 294 Å². The monoisotopic (exact) mass is 671 g/mol. The standard InChI is InChI=1S/C42H45N3O5/c1-29-39(27-45(3)30(2)33-10-6-4-7-11-33)49-41(50-40(29)34-18-16-32(28-46)17-19-34)35-20-14-31(15-21-35)26-43-42(47)44-36-22-24-38(25-23-36)48-37-12-8-5-9-13-37/h4-25,29-30,39-41,46H,26-28H2,1-3H3,(H2,43,44,47). The first kappa shape index (κ1) is 34.9. The molecule has 1 saturated heterocycles. The number of hydrogen-bond acceptors (Lipinski definition) is 6. The lowest BCUT2D eigenvalue weighted by Gasteiger charge is -2.43. The van der Waals surface area contributed by atoms with Crippen LogP contribution in [0.15, 0.2) is 133 Å². The van der Waals surface area contributed by atoms with E-state index in [0.29, 0.717) is 18.0 Å². The Balaban J connectivity index is 1.08. The van der Waals surface area contributed by atoms with E-state index in [-0.39, 0.29) is 36.8 Å². The second-order valence-corrected chi connectivity index (χ2v) is 12.8. The van der Waals surface area contributed by atoms with E-state index >= 15 is 0 Å². The molecule has 0 aliphatic carbocycles. The molecule has 0 radical (unpaired) electrons. The molecule has 5 aromatic rings. The highest BCUT2D eigenvalue weighted by Crippen LogP contribution is 2.42. The molecule has 50 heavy (non-hydrogen) atoms. The van der Waals surface area contributed by atoms with Gasteiger partial charge in [0.25, 0.3) is 0 Å². The topological polar surface area (TPSA) is 92.3 Å². The van der Waals surface area contributed by atoms with Crippen LogP contribution >= 0.6 is 0 Å². The van der Waals surface area contributed by atoms with Crippen molar-refractivity contribution < 1.29 is 24.1 Å². The summed E-state index contributed by atoms with van der Waals surface area (Å²) in [7, 11) is 2.14. The fourth-order valence-corrected chi connectivity index (χ4v) is 6.14. The second kappa shape index (κ2) is 16.6. The number of amides is 2. The molecule has 0 spiro atoms. The van der Waals surface area contributed by atoms with Gasteiger partial charge in [0.05, 0.1) is 18.8 Å². The molecule has 5 unspecified atom stereocenters. The number of likely N-dealkylation sites (N-methyl/N-ethyl adjacent to an activating group) is 1. The van der Waals surface area contributed by atoms with Gasteiger partial charge in [0, 0.05) is 36.3 Å². The van der Waals surface area contributed by atoms with Gasteiger partial charge >= 0.3 is 6.03 Å². The fourth-order valence-electron chi connectivity index (χ4n) is 6.14. The number of rotatable bonds is 12. The van der Waals surface area contributed by atoms with Gasteiger partial charge in [0.2, 0.25) is 0 Å². The van der Waals surface area contributed by atoms with Crippen LogP contribution in [0.1, 0.15) is 60.1 Å². The molecule has 0 aromatic heterocycles. The number of aliphatic hydroxyl groups is 1. The van der Waals surface area contributed by atoms with Crippen molar-refractivity contribution in [3.8, 4) is 11.5 Å². The lowest BCUT2D eigenvalue weighted by Crippen LogP contribution is -2.44. The van der Waals surface area contributed by atoms with Crippen LogP contribution in [0, 0.1) is 5.92 Å². The van der Waals surface area contributed by atoms with E-state index in [1.165, 1.54) is 5.56 Å². The summed E-state index contributed by atoms with van der Waals surface area (Å²) in [6.07, 6.45) is -0.870. The molecule has 1 aliphatic rings. The Kier molecular flexibility index (Phi) is 11.6. The molecular formula is C42H45N3O5. The average Bonchev–Trinajstić information content (AvgIpc) is 3.16. The third-order valence-electron chi connectivity index (χ3n) is 9.33. The van der Waals surface area contributed by atoms with E-state index in [2.05, 4.69) is 60.7 Å². The van der Waals surface area contributed by atoms with Gasteiger partial charge in [-0.1, -0.05) is 104 Å². The van der Waals surface area contributed by atoms with Gasteiger partial charge in [-0.05, 0) is 72.6 Å². The molecule has 0 saturated carbocycles. The molecule has 8 nitrogen and oxygen atoms in total. The molecule has 6 rings (SSSR count). The Bertz CT molecular complexity index is 1780. The van der Waals surface area contributed by atoms with Gasteiger partial charge in [-0.15, -0.1) is 0 Å². The summed E-state index contributed by atoms with van der Waals surface area (Å²) in [6.45, 7) is 5.47. The highest BCUT2D eigenvalue weighted by Gasteiger charge is 2.39. The first-order chi connectivity index (χ1) is 24.4. The summed E-state index contributed by atoms with van der Waals surface area (Å²) in [5, 5.41) is 15.4. The minimum atomic E-state index is -0.571. The largest absolute Gasteiger partial charge is 0.457 e. The van der Waals surface area contributed by atoms with Crippen molar-refractivity contribution in [2.75, 3.05) is 18.9 Å². The highest BCUT2D eigenvalue weighted by atomic mass is 16.7. The number of benzene rings is 5. The number of nitrogens with one attached hydrogen (secondary N) is 2. The minimum Gasteiger partial charge on any atom is -0.457 e. The SMILES string of the molecule is CC1C(CN(C)C(C)c2ccccc2)OC(c2ccc(CNC(=O)Nc3ccc(Oc4ccccc4)cc3)cc2)OC1c1ccc(CO)cc1. The van der Waals surface area contributed by atoms with Crippen LogP contribution in [0.25, 0.3) is 0 Å². The molecule has 1 heterocycles. The Morgan fingerprint density at radius 2 is 1.38 bits per heavy atom. The lowest BCUT2D eigenvalue weighted by molar-refractivity contribution is -0.276. The lowest BCUT2D eigenvalue weighted by atomic mass is 9.89. The van der Waals surface area contributed by atoms with Crippen molar-refractivity contribution in [1.29, 1.82) is 0 Å². The summed E-state index contributed by atoms with van der Waals surface area (Å²) in [5.41, 5.74) is 5.69. The fraction of sp³-hybridized carbons (Fsp3) is 0.262. The maximum Gasteiger partial charge on any atom is 0.319 e. The Hall–Kier alpha value is -4.99. The van der Waals surface area contributed by atoms with E-state index in [1.54, 1.807) is 12.1 Å². The molecule has 5 atom stereocenters. The first-order valence-electron chi connectivity index (χ1n) is 17.1. The summed E-state index contributed by atoms with van der Waals surface area (Å²) in [4.78, 5) is 15.0. The van der Waals surface area contributed by atoms with Crippen LogP contribution in [-0.4, -0.2) is 35.7 Å². The average molecular weight is 672 g/mol. The number of carbonyl (C=O) groups excluding carboxylic acids is 1. The number of ether oxygens (including phenoxy) is 3. The number of nitrogens with zero attached hydrogens (tertiary/aromatic N) is 1. The molecular weight excluding hydrogens is 626 g/mol. The zero-order chi connectivity index (χ0) is 34.9. The van der Waals surface area contributed by atoms with E-state index in [0.717, 1.165) is 34.5 Å². The van der Waals surface area contributed by atoms with Gasteiger partial charge in [0.1, 0.15) is 11.5 Å². The van der Waals surface area contributed by atoms with E-state index in [4.69, 9.17) is 14.2 Å². The number of carbonyl (C=O) groups is 1. The van der Waals surface area contributed by atoms with Crippen molar-refractivity contribution >= 4 is 11.7 Å². The van der Waals surface area contributed by atoms with Gasteiger partial charge in [-0.25, -0.2) is 4.79 Å². The summed E-state index contributed by atoms with van der Waals surface area (Å²) in [5.74, 6) is 1.52. The van der Waals surface area contributed by atoms with Crippen molar-refractivity contribution in [2.24, 2.45) is 5.92 Å². The third kappa shape index (κ3) is 8.97. The first-order valence-corrected chi connectivity index (χ1v) is 17.1. The summed E-state index contributed by atoms with van der Waals surface area (Å²) in [6, 6.07) is 43.1. The molecule has 3 N–H and O–H groups in total. The van der Waals surface area contributed by atoms with Gasteiger partial charge in [-0.3, -0.25) is 4.90 Å². The molecule has 8 heteroatoms. The number of hydrogen-bond donors (Lipinski definition) is 3. The smallest absolute Gasteiger partial charge is 0.319 e. The third-order valence-corrected chi connectivity index (χ3v) is 9.33. The predicted octanol–water partition coefficient (Wildman–Crippen LogP) is 8.78. The van der Waals surface area contributed by atoms with E-state index in [9.17, 15) is 9.90 Å². The predicted molar refractivity (Wildman–Crippen MR) is 196 cm³/mol. The molecule has 1 aliphatic heterocycles. The highest BCUT2D eigenvalue weighted by molar-refractivity contribution is 5.89. The molecule has 5 aromatic carbocycles. The van der Waals surface area contributed by atoms with Crippen LogP contribution in [0.2, 0.25) is 0 Å². The zero-order valence-corrected chi connectivity index (χ0v) is 28.7. The number of aliphatic hydroxyl groups excluding tert-OH is 1. The van der Waals surface area contributed by atoms with Crippen molar-refractivity contribution in [3.63, 3.8) is 0 Å². The normalized spacial score (nSPS) is 19.5. The van der Waals surface area contributed by atoms with Gasteiger partial charge in [-0.2, -0.15) is 0 Å². The van der Waals surface area contributed by atoms with Crippen molar-refractivity contribution in [1.82, 2.24) is 10.2 Å². The van der Waals surface area contributed by atoms with Crippen LogP contribution in [0.5, 0.6) is 11.5 Å². The number of anilines is 1. The summed E-state index contributed by atoms with van der Waals surface area (Å²) >= 11 is 0.